The first-order valence-corrected chi connectivity index (χ1v) is 13.1. The van der Waals surface area contributed by atoms with E-state index in [0.29, 0.717) is 22.8 Å². The van der Waals surface area contributed by atoms with E-state index in [2.05, 4.69) is 10.6 Å². The Morgan fingerprint density at radius 1 is 1.07 bits per heavy atom. The maximum Gasteiger partial charge on any atom is 0.417 e. The van der Waals surface area contributed by atoms with E-state index in [1.54, 1.807) is 26.0 Å². The minimum Gasteiger partial charge on any atom is -0.489 e. The van der Waals surface area contributed by atoms with Crippen molar-refractivity contribution in [1.29, 1.82) is 0 Å². The van der Waals surface area contributed by atoms with Crippen molar-refractivity contribution < 1.29 is 41.1 Å². The molecule has 1 unspecified atom stereocenters. The van der Waals surface area contributed by atoms with Gasteiger partial charge in [-0.25, -0.2) is 8.78 Å². The number of alkyl halides is 3. The molecular formula is C29H25ClF5N3O4. The molecule has 0 saturated carbocycles. The van der Waals surface area contributed by atoms with Gasteiger partial charge in [-0.15, -0.1) is 0 Å². The molecule has 7 nitrogen and oxygen atoms in total. The highest BCUT2D eigenvalue weighted by Crippen LogP contribution is 2.35. The van der Waals surface area contributed by atoms with Gasteiger partial charge in [0.25, 0.3) is 11.8 Å². The van der Waals surface area contributed by atoms with Crippen molar-refractivity contribution >= 4 is 35.0 Å². The van der Waals surface area contributed by atoms with Crippen LogP contribution in [0.5, 0.6) is 5.75 Å². The molecule has 4 rings (SSSR count). The molecule has 0 fully saturated rings. The third kappa shape index (κ3) is 6.81. The molecule has 2 atom stereocenters. The SMILES string of the molecule is CC(C)N1C(=O)C(NC(=O)[C@@H](Cc2ccccc2F)NC(=O)c2ccc(F)cc2C(F)(F)F)COc2cc(Cl)ccc21. The first-order chi connectivity index (χ1) is 19.8. The standard InChI is InChI=1S/C29H25ClF5N3O4/c1-15(2)38-24-10-7-17(30)12-25(24)42-14-23(28(38)41)37-27(40)22(11-16-5-3-4-6-21(16)32)36-26(39)19-9-8-18(31)13-20(19)29(33,34)35/h3-10,12-13,15,22-23H,11,14H2,1-2H3,(H,36,39)(H,37,40)/t22-,23?/m1/s1. The van der Waals surface area contributed by atoms with Crippen LogP contribution in [0, 0.1) is 11.6 Å². The van der Waals surface area contributed by atoms with Gasteiger partial charge in [0, 0.05) is 23.6 Å². The van der Waals surface area contributed by atoms with Gasteiger partial charge in [0.15, 0.2) is 0 Å². The van der Waals surface area contributed by atoms with Crippen LogP contribution in [-0.4, -0.2) is 42.5 Å². The maximum atomic E-state index is 14.5. The zero-order valence-corrected chi connectivity index (χ0v) is 23.0. The third-order valence-corrected chi connectivity index (χ3v) is 6.73. The average Bonchev–Trinajstić information content (AvgIpc) is 3.04. The summed E-state index contributed by atoms with van der Waals surface area (Å²) < 4.78 is 74.6. The number of nitrogens with zero attached hydrogens (tertiary/aromatic N) is 1. The summed E-state index contributed by atoms with van der Waals surface area (Å²) in [5, 5.41) is 5.03. The summed E-state index contributed by atoms with van der Waals surface area (Å²) in [5.74, 6) is -4.57. The first-order valence-electron chi connectivity index (χ1n) is 12.7. The molecule has 0 spiro atoms. The number of nitrogens with one attached hydrogen (secondary N) is 2. The monoisotopic (exact) mass is 609 g/mol. The zero-order valence-electron chi connectivity index (χ0n) is 22.3. The van der Waals surface area contributed by atoms with Crippen LogP contribution >= 0.6 is 11.6 Å². The second kappa shape index (κ2) is 12.4. The van der Waals surface area contributed by atoms with Gasteiger partial charge >= 0.3 is 6.18 Å². The van der Waals surface area contributed by atoms with Gasteiger partial charge in [0.2, 0.25) is 5.91 Å². The summed E-state index contributed by atoms with van der Waals surface area (Å²) in [6, 6.07) is 8.13. The lowest BCUT2D eigenvalue weighted by Gasteiger charge is -2.29. The molecule has 1 aliphatic heterocycles. The highest BCUT2D eigenvalue weighted by molar-refractivity contribution is 6.30. The minimum atomic E-state index is -5.08. The number of benzene rings is 3. The molecule has 3 aromatic carbocycles. The number of carbonyl (C=O) groups excluding carboxylic acids is 3. The number of carbonyl (C=O) groups is 3. The summed E-state index contributed by atoms with van der Waals surface area (Å²) >= 11 is 6.08. The van der Waals surface area contributed by atoms with E-state index in [-0.39, 0.29) is 30.0 Å². The van der Waals surface area contributed by atoms with Crippen LogP contribution in [-0.2, 0) is 22.2 Å². The number of anilines is 1. The summed E-state index contributed by atoms with van der Waals surface area (Å²) in [6.07, 6.45) is -5.56. The number of halogens is 6. The predicted molar refractivity (Wildman–Crippen MR) is 144 cm³/mol. The molecule has 1 heterocycles. The van der Waals surface area contributed by atoms with E-state index < -0.39 is 65.2 Å². The van der Waals surface area contributed by atoms with Gasteiger partial charge in [-0.05, 0) is 55.8 Å². The first kappa shape index (κ1) is 30.8. The van der Waals surface area contributed by atoms with E-state index in [1.165, 1.54) is 29.2 Å². The fourth-order valence-corrected chi connectivity index (χ4v) is 4.68. The highest BCUT2D eigenvalue weighted by Gasteiger charge is 2.38. The Morgan fingerprint density at radius 2 is 1.79 bits per heavy atom. The Morgan fingerprint density at radius 3 is 2.45 bits per heavy atom. The van der Waals surface area contributed by atoms with Crippen molar-refractivity contribution in [3.05, 3.63) is 94.0 Å². The van der Waals surface area contributed by atoms with Crippen LogP contribution < -0.4 is 20.3 Å². The van der Waals surface area contributed by atoms with Gasteiger partial charge in [-0.3, -0.25) is 14.4 Å². The molecule has 1 aliphatic rings. The van der Waals surface area contributed by atoms with Crippen molar-refractivity contribution in [1.82, 2.24) is 10.6 Å². The maximum absolute atomic E-state index is 14.5. The van der Waals surface area contributed by atoms with Gasteiger partial charge < -0.3 is 20.3 Å². The fourth-order valence-electron chi connectivity index (χ4n) is 4.52. The Bertz CT molecular complexity index is 1510. The smallest absolute Gasteiger partial charge is 0.417 e. The van der Waals surface area contributed by atoms with E-state index in [9.17, 15) is 36.3 Å². The third-order valence-electron chi connectivity index (χ3n) is 6.49. The second-order valence-electron chi connectivity index (χ2n) is 9.80. The number of hydrogen-bond acceptors (Lipinski definition) is 4. The lowest BCUT2D eigenvalue weighted by Crippen LogP contribution is -2.57. The van der Waals surface area contributed by atoms with E-state index in [1.807, 2.05) is 0 Å². The van der Waals surface area contributed by atoms with Crippen LogP contribution in [0.2, 0.25) is 5.02 Å². The summed E-state index contributed by atoms with van der Waals surface area (Å²) in [6.45, 7) is 3.14. The zero-order chi connectivity index (χ0) is 30.8. The predicted octanol–water partition coefficient (Wildman–Crippen LogP) is 5.30. The molecule has 2 N–H and O–H groups in total. The van der Waals surface area contributed by atoms with E-state index in [0.717, 1.165) is 6.07 Å². The molecule has 3 aromatic rings. The van der Waals surface area contributed by atoms with E-state index >= 15 is 0 Å². The van der Waals surface area contributed by atoms with Crippen LogP contribution in [0.15, 0.2) is 60.7 Å². The molecule has 42 heavy (non-hydrogen) atoms. The van der Waals surface area contributed by atoms with Crippen molar-refractivity contribution in [3.8, 4) is 5.75 Å². The molecule has 0 bridgehead atoms. The lowest BCUT2D eigenvalue weighted by molar-refractivity contribution is -0.138. The number of ether oxygens (including phenoxy) is 1. The summed E-state index contributed by atoms with van der Waals surface area (Å²) in [4.78, 5) is 41.5. The quantitative estimate of drug-likeness (QED) is 0.356. The molecule has 13 heteroatoms. The molecule has 0 saturated heterocycles. The van der Waals surface area contributed by atoms with Gasteiger partial charge in [0.05, 0.1) is 16.8 Å². The number of rotatable bonds is 7. The Balaban J connectivity index is 1.64. The van der Waals surface area contributed by atoms with Gasteiger partial charge in [0.1, 0.15) is 36.1 Å². The molecule has 0 radical (unpaired) electrons. The Labute approximate surface area is 242 Å². The summed E-state index contributed by atoms with van der Waals surface area (Å²) in [7, 11) is 0. The van der Waals surface area contributed by atoms with Crippen molar-refractivity contribution in [3.63, 3.8) is 0 Å². The van der Waals surface area contributed by atoms with Crippen LogP contribution in [0.4, 0.5) is 27.6 Å². The minimum absolute atomic E-state index is 0.0256. The Hall–Kier alpha value is -4.19. The Kier molecular flexibility index (Phi) is 9.05. The number of amides is 3. The second-order valence-corrected chi connectivity index (χ2v) is 10.2. The fraction of sp³-hybridized carbons (Fsp3) is 0.276. The topological polar surface area (TPSA) is 87.7 Å². The molecule has 222 valence electrons. The average molecular weight is 610 g/mol. The normalized spacial score (nSPS) is 15.9. The van der Waals surface area contributed by atoms with Gasteiger partial charge in [-0.1, -0.05) is 29.8 Å². The van der Waals surface area contributed by atoms with Gasteiger partial charge in [-0.2, -0.15) is 13.2 Å². The van der Waals surface area contributed by atoms with Crippen LogP contribution in [0.1, 0.15) is 35.3 Å². The molecule has 0 aliphatic carbocycles. The van der Waals surface area contributed by atoms with Crippen molar-refractivity contribution in [2.45, 2.75) is 44.6 Å². The lowest BCUT2D eigenvalue weighted by atomic mass is 10.0. The van der Waals surface area contributed by atoms with Crippen molar-refractivity contribution in [2.24, 2.45) is 0 Å². The van der Waals surface area contributed by atoms with Crippen molar-refractivity contribution in [2.75, 3.05) is 11.5 Å². The number of fused-ring (bicyclic) bond motifs is 1. The number of hydrogen-bond donors (Lipinski definition) is 2. The molecule has 3 amide bonds. The van der Waals surface area contributed by atoms with E-state index in [4.69, 9.17) is 16.3 Å². The molecule has 0 aromatic heterocycles. The largest absolute Gasteiger partial charge is 0.489 e. The van der Waals surface area contributed by atoms with Crippen LogP contribution in [0.3, 0.4) is 0 Å². The highest BCUT2D eigenvalue weighted by atomic mass is 35.5. The summed E-state index contributed by atoms with van der Waals surface area (Å²) in [5.41, 5.74) is -2.12. The molecular weight excluding hydrogens is 585 g/mol. The van der Waals surface area contributed by atoms with Crippen LogP contribution in [0.25, 0.3) is 0 Å².